The van der Waals surface area contributed by atoms with Crippen LogP contribution >= 0.6 is 0 Å². The van der Waals surface area contributed by atoms with Crippen molar-refractivity contribution in [2.24, 2.45) is 0 Å². The van der Waals surface area contributed by atoms with Crippen molar-refractivity contribution in [2.45, 2.75) is 20.3 Å². The SMILES string of the molecule is CCc1cc2ncc(C)c(C(=O)O)n2n1. The predicted octanol–water partition coefficient (Wildman–Crippen LogP) is 1.30. The Kier molecular flexibility index (Phi) is 2.15. The summed E-state index contributed by atoms with van der Waals surface area (Å²) in [6.07, 6.45) is 2.32. The van der Waals surface area contributed by atoms with Gasteiger partial charge in [0, 0.05) is 17.8 Å². The largest absolute Gasteiger partial charge is 0.476 e. The van der Waals surface area contributed by atoms with Crippen molar-refractivity contribution in [2.75, 3.05) is 0 Å². The zero-order chi connectivity index (χ0) is 11.0. The van der Waals surface area contributed by atoms with Gasteiger partial charge in [-0.05, 0) is 13.3 Å². The molecule has 0 atom stereocenters. The van der Waals surface area contributed by atoms with Crippen LogP contribution in [0.3, 0.4) is 0 Å². The molecule has 15 heavy (non-hydrogen) atoms. The van der Waals surface area contributed by atoms with Gasteiger partial charge in [0.1, 0.15) is 0 Å². The molecule has 2 aromatic rings. The predicted molar refractivity (Wildman–Crippen MR) is 54.1 cm³/mol. The third kappa shape index (κ3) is 1.45. The summed E-state index contributed by atoms with van der Waals surface area (Å²) < 4.78 is 1.39. The Morgan fingerprint density at radius 2 is 2.33 bits per heavy atom. The molecule has 2 rings (SSSR count). The lowest BCUT2D eigenvalue weighted by molar-refractivity contribution is 0.0686. The highest BCUT2D eigenvalue weighted by atomic mass is 16.4. The Hall–Kier alpha value is -1.91. The molecule has 2 aromatic heterocycles. The van der Waals surface area contributed by atoms with E-state index in [1.54, 1.807) is 19.2 Å². The molecule has 2 heterocycles. The lowest BCUT2D eigenvalue weighted by Gasteiger charge is -2.01. The molecule has 0 bridgehead atoms. The molecule has 0 radical (unpaired) electrons. The van der Waals surface area contributed by atoms with Crippen LogP contribution in [0, 0.1) is 6.92 Å². The van der Waals surface area contributed by atoms with Gasteiger partial charge in [-0.15, -0.1) is 0 Å². The highest BCUT2D eigenvalue weighted by molar-refractivity contribution is 5.87. The normalized spacial score (nSPS) is 10.8. The minimum absolute atomic E-state index is 0.180. The van der Waals surface area contributed by atoms with Gasteiger partial charge in [-0.25, -0.2) is 14.3 Å². The molecule has 0 aliphatic rings. The van der Waals surface area contributed by atoms with Crippen molar-refractivity contribution in [3.8, 4) is 0 Å². The second-order valence-electron chi connectivity index (χ2n) is 3.35. The summed E-state index contributed by atoms with van der Waals surface area (Å²) in [4.78, 5) is 15.2. The lowest BCUT2D eigenvalue weighted by Crippen LogP contribution is -2.10. The number of fused-ring (bicyclic) bond motifs is 1. The number of rotatable bonds is 2. The summed E-state index contributed by atoms with van der Waals surface area (Å²) in [6.45, 7) is 3.68. The van der Waals surface area contributed by atoms with E-state index in [4.69, 9.17) is 5.11 Å². The zero-order valence-electron chi connectivity index (χ0n) is 8.56. The van der Waals surface area contributed by atoms with Gasteiger partial charge in [0.2, 0.25) is 0 Å². The van der Waals surface area contributed by atoms with Gasteiger partial charge >= 0.3 is 5.97 Å². The van der Waals surface area contributed by atoms with Gasteiger partial charge in [0.15, 0.2) is 11.3 Å². The van der Waals surface area contributed by atoms with Crippen molar-refractivity contribution in [3.63, 3.8) is 0 Å². The third-order valence-electron chi connectivity index (χ3n) is 2.28. The van der Waals surface area contributed by atoms with Crippen molar-refractivity contribution >= 4 is 11.6 Å². The van der Waals surface area contributed by atoms with E-state index in [0.29, 0.717) is 11.2 Å². The van der Waals surface area contributed by atoms with Crippen LogP contribution in [-0.2, 0) is 6.42 Å². The standard InChI is InChI=1S/C10H11N3O2/c1-3-7-4-8-11-5-6(2)9(10(14)15)13(8)12-7/h4-5H,3H2,1-2H3,(H,14,15). The molecule has 5 heteroatoms. The molecule has 0 unspecified atom stereocenters. The van der Waals surface area contributed by atoms with E-state index in [0.717, 1.165) is 12.1 Å². The number of aryl methyl sites for hydroxylation is 2. The van der Waals surface area contributed by atoms with E-state index in [1.165, 1.54) is 4.52 Å². The Labute approximate surface area is 86.4 Å². The second kappa shape index (κ2) is 3.34. The molecular weight excluding hydrogens is 194 g/mol. The van der Waals surface area contributed by atoms with Crippen molar-refractivity contribution in [1.82, 2.24) is 14.6 Å². The van der Waals surface area contributed by atoms with Crippen LogP contribution in [0.15, 0.2) is 12.3 Å². The molecular formula is C10H11N3O2. The number of hydrogen-bond acceptors (Lipinski definition) is 3. The van der Waals surface area contributed by atoms with Gasteiger partial charge < -0.3 is 5.11 Å². The quantitative estimate of drug-likeness (QED) is 0.802. The van der Waals surface area contributed by atoms with Crippen LogP contribution in [0.5, 0.6) is 0 Å². The number of carbonyl (C=O) groups is 1. The van der Waals surface area contributed by atoms with Crippen molar-refractivity contribution < 1.29 is 9.90 Å². The first-order chi connectivity index (χ1) is 7.13. The first-order valence-corrected chi connectivity index (χ1v) is 4.71. The Morgan fingerprint density at radius 1 is 1.60 bits per heavy atom. The summed E-state index contributed by atoms with van der Waals surface area (Å²) in [5.74, 6) is -0.981. The minimum atomic E-state index is -0.981. The maximum absolute atomic E-state index is 11.0. The number of aromatic carboxylic acids is 1. The van der Waals surface area contributed by atoms with E-state index in [1.807, 2.05) is 6.92 Å². The highest BCUT2D eigenvalue weighted by Crippen LogP contribution is 2.11. The summed E-state index contributed by atoms with van der Waals surface area (Å²) in [5, 5.41) is 13.2. The molecule has 5 nitrogen and oxygen atoms in total. The van der Waals surface area contributed by atoms with Gasteiger partial charge in [0.05, 0.1) is 5.69 Å². The number of hydrogen-bond donors (Lipinski definition) is 1. The fourth-order valence-corrected chi connectivity index (χ4v) is 1.50. The molecule has 0 fully saturated rings. The average Bonchev–Trinajstić information content (AvgIpc) is 2.59. The second-order valence-corrected chi connectivity index (χ2v) is 3.35. The van der Waals surface area contributed by atoms with Gasteiger partial charge in [-0.2, -0.15) is 5.10 Å². The van der Waals surface area contributed by atoms with Crippen molar-refractivity contribution in [1.29, 1.82) is 0 Å². The van der Waals surface area contributed by atoms with E-state index < -0.39 is 5.97 Å². The minimum Gasteiger partial charge on any atom is -0.476 e. The fourth-order valence-electron chi connectivity index (χ4n) is 1.50. The smallest absolute Gasteiger partial charge is 0.354 e. The maximum atomic E-state index is 11.0. The van der Waals surface area contributed by atoms with E-state index >= 15 is 0 Å². The first kappa shape index (κ1) is 9.64. The van der Waals surface area contributed by atoms with E-state index in [9.17, 15) is 4.79 Å². The Balaban J connectivity index is 2.80. The molecule has 0 aliphatic heterocycles. The summed E-state index contributed by atoms with van der Waals surface area (Å²) in [5.41, 5.74) is 2.21. The van der Waals surface area contributed by atoms with E-state index in [2.05, 4.69) is 10.1 Å². The van der Waals surface area contributed by atoms with E-state index in [-0.39, 0.29) is 5.69 Å². The Bertz CT molecular complexity index is 531. The van der Waals surface area contributed by atoms with Crippen molar-refractivity contribution in [3.05, 3.63) is 29.2 Å². The summed E-state index contributed by atoms with van der Waals surface area (Å²) in [7, 11) is 0. The Morgan fingerprint density at radius 3 is 2.93 bits per heavy atom. The molecule has 0 aromatic carbocycles. The van der Waals surface area contributed by atoms with Gasteiger partial charge in [-0.1, -0.05) is 6.92 Å². The third-order valence-corrected chi connectivity index (χ3v) is 2.28. The molecule has 0 saturated carbocycles. The number of aromatic nitrogens is 3. The van der Waals surface area contributed by atoms with Crippen LogP contribution in [0.2, 0.25) is 0 Å². The topological polar surface area (TPSA) is 67.5 Å². The summed E-state index contributed by atoms with van der Waals surface area (Å²) >= 11 is 0. The number of carboxylic acid groups (broad SMARTS) is 1. The number of nitrogens with zero attached hydrogens (tertiary/aromatic N) is 3. The van der Waals surface area contributed by atoms with Gasteiger partial charge in [0.25, 0.3) is 0 Å². The zero-order valence-corrected chi connectivity index (χ0v) is 8.56. The highest BCUT2D eigenvalue weighted by Gasteiger charge is 2.14. The molecule has 0 saturated heterocycles. The molecule has 78 valence electrons. The lowest BCUT2D eigenvalue weighted by atomic mass is 10.2. The van der Waals surface area contributed by atoms with Crippen LogP contribution < -0.4 is 0 Å². The van der Waals surface area contributed by atoms with Crippen LogP contribution in [-0.4, -0.2) is 25.7 Å². The van der Waals surface area contributed by atoms with Crippen LogP contribution in [0.25, 0.3) is 5.65 Å². The first-order valence-electron chi connectivity index (χ1n) is 4.71. The fraction of sp³-hybridized carbons (Fsp3) is 0.300. The molecule has 0 aliphatic carbocycles. The van der Waals surface area contributed by atoms with Crippen LogP contribution in [0.4, 0.5) is 0 Å². The maximum Gasteiger partial charge on any atom is 0.354 e. The summed E-state index contributed by atoms with van der Waals surface area (Å²) in [6, 6.07) is 1.80. The number of carboxylic acids is 1. The van der Waals surface area contributed by atoms with Gasteiger partial charge in [-0.3, -0.25) is 0 Å². The molecule has 0 amide bonds. The average molecular weight is 205 g/mol. The van der Waals surface area contributed by atoms with Crippen LogP contribution in [0.1, 0.15) is 28.7 Å². The molecule has 1 N–H and O–H groups in total. The monoisotopic (exact) mass is 205 g/mol. The molecule has 0 spiro atoms.